The molecule has 1 aromatic carbocycles. The lowest BCUT2D eigenvalue weighted by molar-refractivity contribution is 0.108. The smallest absolute Gasteiger partial charge is 0.223 e. The summed E-state index contributed by atoms with van der Waals surface area (Å²) < 4.78 is 10.8. The van der Waals surface area contributed by atoms with Gasteiger partial charge in [0.15, 0.2) is 11.8 Å². The molecule has 3 aromatic rings. The molecule has 3 atom stereocenters. The molecule has 3 heterocycles. The van der Waals surface area contributed by atoms with Crippen LogP contribution in [0.2, 0.25) is 0 Å². The zero-order valence-electron chi connectivity index (χ0n) is 16.1. The number of hydrogen-bond donors (Lipinski definition) is 3. The Kier molecular flexibility index (Phi) is 4.88. The van der Waals surface area contributed by atoms with Crippen LogP contribution in [0.15, 0.2) is 22.7 Å². The molecule has 4 N–H and O–H groups in total. The van der Waals surface area contributed by atoms with E-state index in [1.165, 1.54) is 18.3 Å². The average Bonchev–Trinajstić information content (AvgIpc) is 3.29. The number of nitrogens with zero attached hydrogens (tertiary/aromatic N) is 3. The second-order valence-electron chi connectivity index (χ2n) is 7.09. The lowest BCUT2D eigenvalue weighted by atomic mass is 10.0. The van der Waals surface area contributed by atoms with E-state index in [-0.39, 0.29) is 11.7 Å². The van der Waals surface area contributed by atoms with E-state index >= 15 is 0 Å². The molecule has 150 valence electrons. The van der Waals surface area contributed by atoms with Crippen molar-refractivity contribution in [3.63, 3.8) is 0 Å². The van der Waals surface area contributed by atoms with E-state index in [2.05, 4.69) is 27.0 Å². The monoisotopic (exact) mass is 412 g/mol. The van der Waals surface area contributed by atoms with Gasteiger partial charge in [-0.3, -0.25) is 0 Å². The molecule has 4 rings (SSSR count). The fourth-order valence-electron chi connectivity index (χ4n) is 2.96. The summed E-state index contributed by atoms with van der Waals surface area (Å²) in [6.45, 7) is 5.69. The fraction of sp³-hybridized carbons (Fsp3) is 0.350. The fourth-order valence-corrected chi connectivity index (χ4v) is 3.96. The largest absolute Gasteiger partial charge is 0.492 e. The van der Waals surface area contributed by atoms with Gasteiger partial charge in [0.05, 0.1) is 12.3 Å². The summed E-state index contributed by atoms with van der Waals surface area (Å²) in [4.78, 5) is 9.58. The van der Waals surface area contributed by atoms with Gasteiger partial charge >= 0.3 is 0 Å². The molecule has 3 unspecified atom stereocenters. The maximum Gasteiger partial charge on any atom is 0.223 e. The normalized spacial score (nSPS) is 18.3. The van der Waals surface area contributed by atoms with Crippen LogP contribution in [0.1, 0.15) is 53.2 Å². The quantitative estimate of drug-likeness (QED) is 0.432. The van der Waals surface area contributed by atoms with Crippen molar-refractivity contribution in [2.75, 3.05) is 6.61 Å². The minimum absolute atomic E-state index is 0.109. The summed E-state index contributed by atoms with van der Waals surface area (Å²) >= 11 is 1.38. The Bertz CT molecular complexity index is 1120. The number of fused-ring (bicyclic) bond motifs is 3. The van der Waals surface area contributed by atoms with E-state index in [1.807, 2.05) is 25.1 Å². The van der Waals surface area contributed by atoms with Crippen molar-refractivity contribution in [2.24, 2.45) is 5.73 Å². The van der Waals surface area contributed by atoms with Crippen LogP contribution in [0, 0.1) is 18.8 Å². The van der Waals surface area contributed by atoms with Crippen molar-refractivity contribution in [1.29, 1.82) is 0 Å². The van der Waals surface area contributed by atoms with Crippen LogP contribution in [0.5, 0.6) is 5.75 Å². The number of rotatable bonds is 2. The number of hydrogen-bond acceptors (Lipinski definition) is 9. The van der Waals surface area contributed by atoms with Gasteiger partial charge in [-0.25, -0.2) is 4.98 Å². The van der Waals surface area contributed by atoms with Crippen LogP contribution in [0.4, 0.5) is 0 Å². The molecular weight excluding hydrogens is 392 g/mol. The molecule has 9 heteroatoms. The van der Waals surface area contributed by atoms with E-state index in [9.17, 15) is 10.2 Å². The van der Waals surface area contributed by atoms with E-state index < -0.39 is 11.8 Å². The van der Waals surface area contributed by atoms with Crippen LogP contribution in [0.3, 0.4) is 0 Å². The predicted octanol–water partition coefficient (Wildman–Crippen LogP) is 2.21. The van der Waals surface area contributed by atoms with Crippen LogP contribution in [-0.4, -0.2) is 31.9 Å². The van der Waals surface area contributed by atoms with Crippen LogP contribution >= 0.6 is 11.3 Å². The number of aromatic nitrogens is 3. The van der Waals surface area contributed by atoms with Gasteiger partial charge in [-0.1, -0.05) is 23.9 Å². The van der Waals surface area contributed by atoms with E-state index in [0.29, 0.717) is 28.8 Å². The third-order valence-electron chi connectivity index (χ3n) is 4.51. The Labute approximate surface area is 171 Å². The number of aryl methyl sites for hydroxylation is 1. The van der Waals surface area contributed by atoms with E-state index in [0.717, 1.165) is 16.1 Å². The van der Waals surface area contributed by atoms with Crippen molar-refractivity contribution < 1.29 is 19.5 Å². The SMILES string of the molecule is Cc1nc(C(C)(O)C#Cc2ccc3c(c2)-c2nc(C(N)O)sc2C(C)CO3)no1. The van der Waals surface area contributed by atoms with Crippen molar-refractivity contribution in [2.45, 2.75) is 38.5 Å². The number of nitrogens with two attached hydrogens (primary N) is 1. The van der Waals surface area contributed by atoms with Crippen molar-refractivity contribution in [3.8, 4) is 28.8 Å². The Balaban J connectivity index is 1.75. The molecule has 0 spiro atoms. The third-order valence-corrected chi connectivity index (χ3v) is 5.86. The highest BCUT2D eigenvalue weighted by atomic mass is 32.1. The van der Waals surface area contributed by atoms with Crippen LogP contribution in [-0.2, 0) is 5.60 Å². The van der Waals surface area contributed by atoms with Crippen LogP contribution in [0.25, 0.3) is 11.3 Å². The first-order valence-corrected chi connectivity index (χ1v) is 9.84. The summed E-state index contributed by atoms with van der Waals surface area (Å²) in [5.41, 5.74) is 6.23. The van der Waals surface area contributed by atoms with Gasteiger partial charge in [-0.05, 0) is 25.1 Å². The number of aliphatic hydroxyl groups excluding tert-OH is 1. The Hall–Kier alpha value is -2.77. The molecule has 0 saturated heterocycles. The lowest BCUT2D eigenvalue weighted by Gasteiger charge is -2.11. The van der Waals surface area contributed by atoms with Crippen molar-refractivity contribution >= 4 is 11.3 Å². The summed E-state index contributed by atoms with van der Waals surface area (Å²) in [5.74, 6) is 7.00. The minimum atomic E-state index is -1.56. The van der Waals surface area contributed by atoms with Gasteiger partial charge in [0.25, 0.3) is 0 Å². The van der Waals surface area contributed by atoms with E-state index in [1.54, 1.807) is 6.92 Å². The molecule has 0 amide bonds. The van der Waals surface area contributed by atoms with Crippen LogP contribution < -0.4 is 10.5 Å². The highest BCUT2D eigenvalue weighted by Gasteiger charge is 2.28. The molecule has 0 radical (unpaired) electrons. The first-order chi connectivity index (χ1) is 13.7. The summed E-state index contributed by atoms with van der Waals surface area (Å²) in [6, 6.07) is 5.49. The van der Waals surface area contributed by atoms with Gasteiger partial charge in [-0.15, -0.1) is 11.3 Å². The Morgan fingerprint density at radius 3 is 2.86 bits per heavy atom. The maximum atomic E-state index is 10.6. The zero-order valence-corrected chi connectivity index (χ0v) is 16.9. The van der Waals surface area contributed by atoms with Crippen molar-refractivity contribution in [3.05, 3.63) is 45.4 Å². The standard InChI is InChI=1S/C20H20N4O4S/c1-10-9-27-14-5-4-12(6-7-20(3,26)19-22-11(2)28-24-19)8-13(14)15-16(10)29-18(23-15)17(21)25/h4-5,8,10,17,25-26H,9,21H2,1-3H3. The van der Waals surface area contributed by atoms with Crippen molar-refractivity contribution in [1.82, 2.24) is 15.1 Å². The topological polar surface area (TPSA) is 128 Å². The van der Waals surface area contributed by atoms with Gasteiger partial charge in [0.2, 0.25) is 11.7 Å². The van der Waals surface area contributed by atoms with E-state index in [4.69, 9.17) is 15.0 Å². The first-order valence-electron chi connectivity index (χ1n) is 9.02. The summed E-state index contributed by atoms with van der Waals surface area (Å²) in [7, 11) is 0. The van der Waals surface area contributed by atoms with Gasteiger partial charge in [-0.2, -0.15) is 4.98 Å². The summed E-state index contributed by atoms with van der Waals surface area (Å²) in [5, 5.41) is 24.5. The molecule has 1 aliphatic heterocycles. The lowest BCUT2D eigenvalue weighted by Crippen LogP contribution is -2.20. The predicted molar refractivity (Wildman–Crippen MR) is 106 cm³/mol. The molecule has 0 saturated carbocycles. The second-order valence-corrected chi connectivity index (χ2v) is 8.15. The van der Waals surface area contributed by atoms with Gasteiger partial charge in [0.1, 0.15) is 10.8 Å². The molecular formula is C20H20N4O4S. The number of thiazole rings is 1. The summed E-state index contributed by atoms with van der Waals surface area (Å²) in [6.07, 6.45) is -1.13. The first kappa shape index (κ1) is 19.5. The molecule has 29 heavy (non-hydrogen) atoms. The molecule has 0 bridgehead atoms. The molecule has 1 aliphatic rings. The number of aliphatic hydroxyl groups is 2. The Morgan fingerprint density at radius 1 is 1.38 bits per heavy atom. The third kappa shape index (κ3) is 3.75. The molecule has 0 fully saturated rings. The molecule has 8 nitrogen and oxygen atoms in total. The number of benzene rings is 1. The molecule has 0 aliphatic carbocycles. The second kappa shape index (κ2) is 7.24. The maximum absolute atomic E-state index is 10.6. The zero-order chi connectivity index (χ0) is 20.8. The Morgan fingerprint density at radius 2 is 2.17 bits per heavy atom. The highest BCUT2D eigenvalue weighted by Crippen LogP contribution is 2.42. The average molecular weight is 412 g/mol. The van der Waals surface area contributed by atoms with Gasteiger partial charge in [0, 0.05) is 28.8 Å². The van der Waals surface area contributed by atoms with Gasteiger partial charge < -0.3 is 25.2 Å². The molecule has 2 aromatic heterocycles. The highest BCUT2D eigenvalue weighted by molar-refractivity contribution is 7.12. The number of ether oxygens (including phenoxy) is 1. The minimum Gasteiger partial charge on any atom is -0.492 e.